The van der Waals surface area contributed by atoms with Gasteiger partial charge in [-0.25, -0.2) is 0 Å². The molecule has 0 spiro atoms. The van der Waals surface area contributed by atoms with Crippen molar-refractivity contribution in [2.75, 3.05) is 13.1 Å². The van der Waals surface area contributed by atoms with Crippen molar-refractivity contribution < 1.29 is 0 Å². The summed E-state index contributed by atoms with van der Waals surface area (Å²) < 4.78 is 1.15. The Hall–Kier alpha value is -0.340. The predicted molar refractivity (Wildman–Crippen MR) is 70.2 cm³/mol. The molecule has 0 amide bonds. The van der Waals surface area contributed by atoms with Crippen LogP contribution >= 0.6 is 15.9 Å². The van der Waals surface area contributed by atoms with Crippen LogP contribution in [0.15, 0.2) is 28.7 Å². The first-order valence-electron chi connectivity index (χ1n) is 5.42. The second kappa shape index (κ2) is 5.66. The Bertz CT molecular complexity index is 284. The van der Waals surface area contributed by atoms with E-state index in [1.807, 2.05) is 0 Å². The molecule has 0 atom stereocenters. The zero-order valence-electron chi connectivity index (χ0n) is 9.81. The van der Waals surface area contributed by atoms with Crippen LogP contribution in [-0.2, 0) is 6.42 Å². The number of rotatable bonds is 4. The first kappa shape index (κ1) is 12.7. The van der Waals surface area contributed by atoms with E-state index in [0.717, 1.165) is 24.0 Å². The fraction of sp³-hybridized carbons (Fsp3) is 0.538. The van der Waals surface area contributed by atoms with Gasteiger partial charge in [-0.1, -0.05) is 48.8 Å². The molecule has 84 valence electrons. The first-order valence-corrected chi connectivity index (χ1v) is 6.22. The van der Waals surface area contributed by atoms with Crippen LogP contribution in [0.4, 0.5) is 0 Å². The third-order valence-electron chi connectivity index (χ3n) is 2.16. The van der Waals surface area contributed by atoms with Crippen molar-refractivity contribution in [1.29, 1.82) is 0 Å². The van der Waals surface area contributed by atoms with Crippen LogP contribution in [0.5, 0.6) is 0 Å². The van der Waals surface area contributed by atoms with Crippen molar-refractivity contribution >= 4 is 15.9 Å². The quantitative estimate of drug-likeness (QED) is 0.824. The Labute approximate surface area is 101 Å². The van der Waals surface area contributed by atoms with E-state index < -0.39 is 0 Å². The number of hydrogen-bond acceptors (Lipinski definition) is 1. The standard InChI is InChI=1S/C13H20BrN/c1-13(2,3)10-15-9-8-11-4-6-12(14)7-5-11/h4-7,15H,8-10H2,1-3H3. The minimum absolute atomic E-state index is 0.375. The lowest BCUT2D eigenvalue weighted by atomic mass is 9.97. The van der Waals surface area contributed by atoms with Gasteiger partial charge in [-0.15, -0.1) is 0 Å². The molecule has 15 heavy (non-hydrogen) atoms. The number of halogens is 1. The van der Waals surface area contributed by atoms with Crippen LogP contribution in [0, 0.1) is 5.41 Å². The highest BCUT2D eigenvalue weighted by Gasteiger charge is 2.08. The summed E-state index contributed by atoms with van der Waals surface area (Å²) in [6.45, 7) is 8.88. The molecule has 0 bridgehead atoms. The molecule has 1 aromatic rings. The molecule has 0 aromatic heterocycles. The summed E-state index contributed by atoms with van der Waals surface area (Å²) in [6, 6.07) is 8.53. The molecule has 0 radical (unpaired) electrons. The molecular weight excluding hydrogens is 250 g/mol. The van der Waals surface area contributed by atoms with Crippen molar-refractivity contribution in [3.05, 3.63) is 34.3 Å². The normalized spacial score (nSPS) is 11.7. The van der Waals surface area contributed by atoms with Gasteiger partial charge in [0.05, 0.1) is 0 Å². The maximum atomic E-state index is 3.48. The summed E-state index contributed by atoms with van der Waals surface area (Å²) in [5.41, 5.74) is 1.76. The van der Waals surface area contributed by atoms with Gasteiger partial charge in [-0.2, -0.15) is 0 Å². The Morgan fingerprint density at radius 1 is 1.13 bits per heavy atom. The van der Waals surface area contributed by atoms with E-state index in [1.54, 1.807) is 0 Å². The second-order valence-electron chi connectivity index (χ2n) is 5.11. The summed E-state index contributed by atoms with van der Waals surface area (Å²) in [5, 5.41) is 3.48. The van der Waals surface area contributed by atoms with Gasteiger partial charge in [0.25, 0.3) is 0 Å². The van der Waals surface area contributed by atoms with E-state index >= 15 is 0 Å². The minimum Gasteiger partial charge on any atom is -0.316 e. The van der Waals surface area contributed by atoms with Crippen LogP contribution in [0.1, 0.15) is 26.3 Å². The van der Waals surface area contributed by atoms with Crippen molar-refractivity contribution in [2.24, 2.45) is 5.41 Å². The van der Waals surface area contributed by atoms with Crippen molar-refractivity contribution in [1.82, 2.24) is 5.32 Å². The smallest absolute Gasteiger partial charge is 0.0175 e. The van der Waals surface area contributed by atoms with Gasteiger partial charge in [0.15, 0.2) is 0 Å². The molecule has 1 aromatic carbocycles. The Balaban J connectivity index is 2.23. The van der Waals surface area contributed by atoms with Crippen LogP contribution in [0.25, 0.3) is 0 Å². The van der Waals surface area contributed by atoms with Crippen molar-refractivity contribution in [3.63, 3.8) is 0 Å². The topological polar surface area (TPSA) is 12.0 Å². The number of nitrogens with one attached hydrogen (secondary N) is 1. The van der Waals surface area contributed by atoms with Gasteiger partial charge < -0.3 is 5.32 Å². The number of hydrogen-bond donors (Lipinski definition) is 1. The third-order valence-corrected chi connectivity index (χ3v) is 2.69. The van der Waals surface area contributed by atoms with Gasteiger partial charge >= 0.3 is 0 Å². The molecule has 0 fully saturated rings. The summed E-state index contributed by atoms with van der Waals surface area (Å²) in [5.74, 6) is 0. The Kier molecular flexibility index (Phi) is 4.81. The Morgan fingerprint density at radius 2 is 1.73 bits per heavy atom. The van der Waals surface area contributed by atoms with Crippen LogP contribution in [0.3, 0.4) is 0 Å². The lowest BCUT2D eigenvalue weighted by molar-refractivity contribution is 0.381. The van der Waals surface area contributed by atoms with Gasteiger partial charge in [-0.05, 0) is 36.1 Å². The van der Waals surface area contributed by atoms with Gasteiger partial charge in [0, 0.05) is 11.0 Å². The molecule has 0 aliphatic heterocycles. The summed E-state index contributed by atoms with van der Waals surface area (Å²) in [4.78, 5) is 0. The molecule has 1 rings (SSSR count). The van der Waals surface area contributed by atoms with E-state index in [9.17, 15) is 0 Å². The molecular formula is C13H20BrN. The van der Waals surface area contributed by atoms with E-state index in [1.165, 1.54) is 5.56 Å². The lowest BCUT2D eigenvalue weighted by Crippen LogP contribution is -2.28. The number of benzene rings is 1. The summed E-state index contributed by atoms with van der Waals surface area (Å²) in [6.07, 6.45) is 1.10. The van der Waals surface area contributed by atoms with E-state index in [4.69, 9.17) is 0 Å². The first-order chi connectivity index (χ1) is 6.97. The van der Waals surface area contributed by atoms with Gasteiger partial charge in [0.2, 0.25) is 0 Å². The molecule has 0 heterocycles. The fourth-order valence-electron chi connectivity index (χ4n) is 1.35. The second-order valence-corrected chi connectivity index (χ2v) is 6.03. The molecule has 1 N–H and O–H groups in total. The van der Waals surface area contributed by atoms with Crippen LogP contribution in [-0.4, -0.2) is 13.1 Å². The van der Waals surface area contributed by atoms with Crippen molar-refractivity contribution in [2.45, 2.75) is 27.2 Å². The average molecular weight is 270 g/mol. The summed E-state index contributed by atoms with van der Waals surface area (Å²) in [7, 11) is 0. The molecule has 1 nitrogen and oxygen atoms in total. The molecule has 0 aliphatic carbocycles. The van der Waals surface area contributed by atoms with Gasteiger partial charge in [-0.3, -0.25) is 0 Å². The highest BCUT2D eigenvalue weighted by atomic mass is 79.9. The average Bonchev–Trinajstić information content (AvgIpc) is 2.14. The zero-order chi connectivity index (χ0) is 11.3. The van der Waals surface area contributed by atoms with E-state index in [0.29, 0.717) is 5.41 Å². The molecule has 0 saturated carbocycles. The maximum Gasteiger partial charge on any atom is 0.0175 e. The molecule has 0 unspecified atom stereocenters. The van der Waals surface area contributed by atoms with Crippen LogP contribution < -0.4 is 5.32 Å². The maximum absolute atomic E-state index is 3.48. The monoisotopic (exact) mass is 269 g/mol. The molecule has 0 saturated heterocycles. The zero-order valence-corrected chi connectivity index (χ0v) is 11.4. The minimum atomic E-state index is 0.375. The molecule has 2 heteroatoms. The highest BCUT2D eigenvalue weighted by molar-refractivity contribution is 9.10. The van der Waals surface area contributed by atoms with Crippen LogP contribution in [0.2, 0.25) is 0 Å². The molecule has 0 aliphatic rings. The predicted octanol–water partition coefficient (Wildman–Crippen LogP) is 3.63. The van der Waals surface area contributed by atoms with E-state index in [-0.39, 0.29) is 0 Å². The fourth-order valence-corrected chi connectivity index (χ4v) is 1.61. The summed E-state index contributed by atoms with van der Waals surface area (Å²) >= 11 is 3.44. The van der Waals surface area contributed by atoms with E-state index in [2.05, 4.69) is 66.3 Å². The Morgan fingerprint density at radius 3 is 2.27 bits per heavy atom. The highest BCUT2D eigenvalue weighted by Crippen LogP contribution is 2.12. The lowest BCUT2D eigenvalue weighted by Gasteiger charge is -2.18. The third kappa shape index (κ3) is 5.95. The largest absolute Gasteiger partial charge is 0.316 e. The van der Waals surface area contributed by atoms with Gasteiger partial charge in [0.1, 0.15) is 0 Å². The SMILES string of the molecule is CC(C)(C)CNCCc1ccc(Br)cc1. The van der Waals surface area contributed by atoms with Crippen molar-refractivity contribution in [3.8, 4) is 0 Å².